The third-order valence-corrected chi connectivity index (χ3v) is 5.15. The highest BCUT2D eigenvalue weighted by atomic mass is 16.5. The smallest absolute Gasteiger partial charge is 0.270 e. The number of pyridine rings is 1. The second-order valence-electron chi connectivity index (χ2n) is 6.47. The zero-order chi connectivity index (χ0) is 15.8. The van der Waals surface area contributed by atoms with Crippen molar-refractivity contribution < 1.29 is 9.53 Å². The molecule has 5 rings (SSSR count). The summed E-state index contributed by atoms with van der Waals surface area (Å²) in [5, 5.41) is 5.08. The third-order valence-electron chi connectivity index (χ3n) is 5.15. The Labute approximate surface area is 135 Å². The standard InChI is InChI=1S/C18H21N3O2/c1-23-17-4-2-3-13-10-19-15(9-14(13)17)18(22)20-16-11-21-7-5-12(16)6-8-21/h2-4,9-10,12,16H,5-8,11H2,1H3,(H,20,22)/t16-/m0/s1. The number of nitrogens with zero attached hydrogens (tertiary/aromatic N) is 2. The van der Waals surface area contributed by atoms with Gasteiger partial charge in [-0.1, -0.05) is 12.1 Å². The summed E-state index contributed by atoms with van der Waals surface area (Å²) in [4.78, 5) is 19.4. The van der Waals surface area contributed by atoms with Crippen molar-refractivity contribution in [2.24, 2.45) is 5.92 Å². The summed E-state index contributed by atoms with van der Waals surface area (Å²) in [5.41, 5.74) is 0.457. The number of carbonyl (C=O) groups excluding carboxylic acids is 1. The highest BCUT2D eigenvalue weighted by Gasteiger charge is 2.35. The van der Waals surface area contributed by atoms with Gasteiger partial charge in [0, 0.05) is 29.6 Å². The summed E-state index contributed by atoms with van der Waals surface area (Å²) in [6.07, 6.45) is 4.11. The van der Waals surface area contributed by atoms with Crippen LogP contribution in [-0.2, 0) is 0 Å². The summed E-state index contributed by atoms with van der Waals surface area (Å²) < 4.78 is 5.39. The van der Waals surface area contributed by atoms with Crippen LogP contribution in [0.3, 0.4) is 0 Å². The van der Waals surface area contributed by atoms with Crippen LogP contribution in [0, 0.1) is 5.92 Å². The summed E-state index contributed by atoms with van der Waals surface area (Å²) in [6.45, 7) is 3.30. The molecule has 2 aromatic rings. The van der Waals surface area contributed by atoms with Gasteiger partial charge in [0.05, 0.1) is 7.11 Å². The van der Waals surface area contributed by atoms with E-state index in [-0.39, 0.29) is 11.9 Å². The predicted octanol–water partition coefficient (Wildman–Crippen LogP) is 2.07. The number of carbonyl (C=O) groups is 1. The number of nitrogens with one attached hydrogen (secondary N) is 1. The fraction of sp³-hybridized carbons (Fsp3) is 0.444. The maximum Gasteiger partial charge on any atom is 0.270 e. The first-order chi connectivity index (χ1) is 11.2. The van der Waals surface area contributed by atoms with E-state index in [2.05, 4.69) is 15.2 Å². The molecule has 0 unspecified atom stereocenters. The number of hydrogen-bond donors (Lipinski definition) is 1. The van der Waals surface area contributed by atoms with Crippen LogP contribution in [0.1, 0.15) is 23.3 Å². The first kappa shape index (κ1) is 14.5. The molecule has 1 aromatic heterocycles. The molecule has 1 N–H and O–H groups in total. The van der Waals surface area contributed by atoms with Crippen molar-refractivity contribution in [2.75, 3.05) is 26.7 Å². The highest BCUT2D eigenvalue weighted by Crippen LogP contribution is 2.28. The molecule has 3 saturated heterocycles. The number of benzene rings is 1. The third kappa shape index (κ3) is 2.65. The van der Waals surface area contributed by atoms with Crippen molar-refractivity contribution in [3.8, 4) is 5.75 Å². The Hall–Kier alpha value is -2.14. The maximum atomic E-state index is 12.6. The molecule has 23 heavy (non-hydrogen) atoms. The van der Waals surface area contributed by atoms with E-state index in [1.54, 1.807) is 13.3 Å². The van der Waals surface area contributed by atoms with E-state index >= 15 is 0 Å². The van der Waals surface area contributed by atoms with Crippen molar-refractivity contribution in [3.63, 3.8) is 0 Å². The molecule has 5 heteroatoms. The molecule has 0 saturated carbocycles. The van der Waals surface area contributed by atoms with Crippen LogP contribution in [-0.4, -0.2) is 48.6 Å². The molecule has 5 nitrogen and oxygen atoms in total. The Morgan fingerprint density at radius 1 is 1.35 bits per heavy atom. The average molecular weight is 311 g/mol. The van der Waals surface area contributed by atoms with Crippen molar-refractivity contribution in [2.45, 2.75) is 18.9 Å². The minimum atomic E-state index is -0.0865. The molecule has 2 bridgehead atoms. The molecule has 3 aliphatic rings. The van der Waals surface area contributed by atoms with Crippen LogP contribution < -0.4 is 10.1 Å². The molecule has 0 spiro atoms. The number of fused-ring (bicyclic) bond motifs is 4. The fourth-order valence-corrected chi connectivity index (χ4v) is 3.81. The number of aromatic nitrogens is 1. The second kappa shape index (κ2) is 5.81. The average Bonchev–Trinajstić information content (AvgIpc) is 2.61. The molecule has 3 fully saturated rings. The molecule has 0 radical (unpaired) electrons. The molecule has 120 valence electrons. The van der Waals surface area contributed by atoms with Crippen molar-refractivity contribution in [3.05, 3.63) is 36.2 Å². The number of ether oxygens (including phenoxy) is 1. The van der Waals surface area contributed by atoms with Gasteiger partial charge in [0.25, 0.3) is 5.91 Å². The van der Waals surface area contributed by atoms with E-state index in [1.165, 1.54) is 25.9 Å². The number of methoxy groups -OCH3 is 1. The number of hydrogen-bond acceptors (Lipinski definition) is 4. The number of rotatable bonds is 3. The van der Waals surface area contributed by atoms with Crippen LogP contribution in [0.4, 0.5) is 0 Å². The van der Waals surface area contributed by atoms with Gasteiger partial charge >= 0.3 is 0 Å². The lowest BCUT2D eigenvalue weighted by molar-refractivity contribution is 0.0618. The molecular formula is C18H21N3O2. The van der Waals surface area contributed by atoms with Crippen LogP contribution in [0.15, 0.2) is 30.5 Å². The maximum absolute atomic E-state index is 12.6. The van der Waals surface area contributed by atoms with E-state index in [1.807, 2.05) is 24.3 Å². The molecular weight excluding hydrogens is 290 g/mol. The predicted molar refractivity (Wildman–Crippen MR) is 88.7 cm³/mol. The van der Waals surface area contributed by atoms with Gasteiger partial charge in [-0.2, -0.15) is 0 Å². The Morgan fingerprint density at radius 2 is 2.17 bits per heavy atom. The summed E-state index contributed by atoms with van der Waals surface area (Å²) in [5.74, 6) is 1.29. The Balaban J connectivity index is 1.57. The summed E-state index contributed by atoms with van der Waals surface area (Å²) in [6, 6.07) is 7.87. The molecule has 1 atom stereocenters. The molecule has 3 aliphatic heterocycles. The summed E-state index contributed by atoms with van der Waals surface area (Å²) >= 11 is 0. The minimum Gasteiger partial charge on any atom is -0.496 e. The summed E-state index contributed by atoms with van der Waals surface area (Å²) in [7, 11) is 1.64. The second-order valence-corrected chi connectivity index (χ2v) is 6.47. The van der Waals surface area contributed by atoms with Gasteiger partial charge in [0.1, 0.15) is 11.4 Å². The van der Waals surface area contributed by atoms with Crippen LogP contribution >= 0.6 is 0 Å². The normalized spacial score (nSPS) is 26.2. The van der Waals surface area contributed by atoms with Gasteiger partial charge in [-0.25, -0.2) is 0 Å². The topological polar surface area (TPSA) is 54.5 Å². The zero-order valence-corrected chi connectivity index (χ0v) is 13.3. The lowest BCUT2D eigenvalue weighted by Crippen LogP contribution is -2.57. The van der Waals surface area contributed by atoms with Crippen LogP contribution in [0.2, 0.25) is 0 Å². The van der Waals surface area contributed by atoms with E-state index < -0.39 is 0 Å². The van der Waals surface area contributed by atoms with Gasteiger partial charge in [0.2, 0.25) is 0 Å². The lowest BCUT2D eigenvalue weighted by atomic mass is 9.84. The highest BCUT2D eigenvalue weighted by molar-refractivity contribution is 5.98. The van der Waals surface area contributed by atoms with Crippen LogP contribution in [0.25, 0.3) is 10.8 Å². The fourth-order valence-electron chi connectivity index (χ4n) is 3.81. The molecule has 1 amide bonds. The Kier molecular flexibility index (Phi) is 3.65. The van der Waals surface area contributed by atoms with E-state index in [0.29, 0.717) is 11.6 Å². The van der Waals surface area contributed by atoms with Crippen molar-refractivity contribution in [1.82, 2.24) is 15.2 Å². The Morgan fingerprint density at radius 3 is 2.87 bits per heavy atom. The number of piperidine rings is 3. The zero-order valence-electron chi connectivity index (χ0n) is 13.3. The van der Waals surface area contributed by atoms with Gasteiger partial charge < -0.3 is 15.0 Å². The molecule has 1 aromatic carbocycles. The SMILES string of the molecule is COc1cccc2cnc(C(=O)N[C@H]3CN4CCC3CC4)cc12. The molecule has 4 heterocycles. The van der Waals surface area contributed by atoms with E-state index in [0.717, 1.165) is 23.1 Å². The largest absolute Gasteiger partial charge is 0.496 e. The van der Waals surface area contributed by atoms with Crippen molar-refractivity contribution >= 4 is 16.7 Å². The first-order valence-corrected chi connectivity index (χ1v) is 8.20. The van der Waals surface area contributed by atoms with Crippen LogP contribution in [0.5, 0.6) is 5.75 Å². The lowest BCUT2D eigenvalue weighted by Gasteiger charge is -2.44. The van der Waals surface area contributed by atoms with Gasteiger partial charge in [-0.15, -0.1) is 0 Å². The van der Waals surface area contributed by atoms with E-state index in [9.17, 15) is 4.79 Å². The number of amides is 1. The first-order valence-electron chi connectivity index (χ1n) is 8.20. The van der Waals surface area contributed by atoms with Gasteiger partial charge in [0.15, 0.2) is 0 Å². The van der Waals surface area contributed by atoms with E-state index in [4.69, 9.17) is 4.74 Å². The monoisotopic (exact) mass is 311 g/mol. The molecule has 0 aliphatic carbocycles. The minimum absolute atomic E-state index is 0.0865. The van der Waals surface area contributed by atoms with Crippen molar-refractivity contribution in [1.29, 1.82) is 0 Å². The van der Waals surface area contributed by atoms with Gasteiger partial charge in [-0.05, 0) is 44.0 Å². The van der Waals surface area contributed by atoms with Gasteiger partial charge in [-0.3, -0.25) is 9.78 Å². The quantitative estimate of drug-likeness (QED) is 0.943. The Bertz CT molecular complexity index is 738.